The van der Waals surface area contributed by atoms with Crippen molar-refractivity contribution in [1.29, 1.82) is 0 Å². The van der Waals surface area contributed by atoms with Crippen molar-refractivity contribution in [1.82, 2.24) is 9.55 Å². The Balaban J connectivity index is 2.75. The van der Waals surface area contributed by atoms with Gasteiger partial charge < -0.3 is 14.3 Å². The summed E-state index contributed by atoms with van der Waals surface area (Å²) in [4.78, 5) is 2.99. The lowest BCUT2D eigenvalue weighted by Gasteiger charge is -2.16. The van der Waals surface area contributed by atoms with Crippen molar-refractivity contribution in [3.8, 4) is 0 Å². The number of hydrogen-bond acceptors (Lipinski definition) is 2. The average molecular weight is 200 g/mol. The van der Waals surface area contributed by atoms with E-state index in [1.165, 1.54) is 0 Å². The first-order valence-corrected chi connectivity index (χ1v) is 4.94. The van der Waals surface area contributed by atoms with Gasteiger partial charge in [-0.05, 0) is 18.6 Å². The topological polar surface area (TPSA) is 29.9 Å². The van der Waals surface area contributed by atoms with Crippen LogP contribution in [0, 0.1) is 4.77 Å². The van der Waals surface area contributed by atoms with Gasteiger partial charge in [-0.25, -0.2) is 0 Å². The fraction of sp³-hybridized carbons (Fsp3) is 0.667. The molecule has 74 valence electrons. The standard InChI is InChI=1S/C9H16N2OS/c1-3-4-8(7-12-2)11-6-5-10-9(11)13/h5-6,8H,3-4,7H2,1-2H3,(H,10,13). The van der Waals surface area contributed by atoms with E-state index in [0.29, 0.717) is 6.04 Å². The highest BCUT2D eigenvalue weighted by Crippen LogP contribution is 2.14. The molecule has 1 N–H and O–H groups in total. The second-order valence-electron chi connectivity index (χ2n) is 3.07. The van der Waals surface area contributed by atoms with Gasteiger partial charge in [0.2, 0.25) is 0 Å². The molecule has 1 aromatic heterocycles. The molecule has 0 saturated heterocycles. The molecule has 0 aliphatic rings. The highest BCUT2D eigenvalue weighted by atomic mass is 32.1. The lowest BCUT2D eigenvalue weighted by molar-refractivity contribution is 0.150. The minimum atomic E-state index is 0.369. The van der Waals surface area contributed by atoms with Gasteiger partial charge in [-0.1, -0.05) is 13.3 Å². The average Bonchev–Trinajstić information content (AvgIpc) is 2.51. The van der Waals surface area contributed by atoms with Crippen LogP contribution in [0.2, 0.25) is 0 Å². The van der Waals surface area contributed by atoms with E-state index >= 15 is 0 Å². The van der Waals surface area contributed by atoms with Crippen molar-refractivity contribution in [2.75, 3.05) is 13.7 Å². The summed E-state index contributed by atoms with van der Waals surface area (Å²) in [6.07, 6.45) is 6.07. The van der Waals surface area contributed by atoms with Crippen LogP contribution < -0.4 is 0 Å². The lowest BCUT2D eigenvalue weighted by atomic mass is 10.2. The fourth-order valence-electron chi connectivity index (χ4n) is 1.45. The van der Waals surface area contributed by atoms with Gasteiger partial charge >= 0.3 is 0 Å². The summed E-state index contributed by atoms with van der Waals surface area (Å²) < 4.78 is 7.99. The molecule has 4 heteroatoms. The molecule has 1 aromatic rings. The Morgan fingerprint density at radius 3 is 2.92 bits per heavy atom. The Morgan fingerprint density at radius 2 is 2.46 bits per heavy atom. The monoisotopic (exact) mass is 200 g/mol. The molecule has 3 nitrogen and oxygen atoms in total. The van der Waals surface area contributed by atoms with E-state index in [1.807, 2.05) is 12.4 Å². The number of rotatable bonds is 5. The predicted octanol–water partition coefficient (Wildman–Crippen LogP) is 2.53. The molecule has 1 rings (SSSR count). The molecule has 0 saturated carbocycles. The maximum absolute atomic E-state index is 5.15. The van der Waals surface area contributed by atoms with Crippen LogP contribution in [0.4, 0.5) is 0 Å². The van der Waals surface area contributed by atoms with E-state index in [0.717, 1.165) is 24.2 Å². The molecule has 1 atom stereocenters. The maximum atomic E-state index is 5.15. The van der Waals surface area contributed by atoms with E-state index in [-0.39, 0.29) is 0 Å². The van der Waals surface area contributed by atoms with Gasteiger partial charge in [-0.2, -0.15) is 0 Å². The van der Waals surface area contributed by atoms with Crippen molar-refractivity contribution in [2.45, 2.75) is 25.8 Å². The lowest BCUT2D eigenvalue weighted by Crippen LogP contribution is -2.13. The Bertz CT molecular complexity index is 286. The number of H-pyrrole nitrogens is 1. The van der Waals surface area contributed by atoms with Gasteiger partial charge in [-0.15, -0.1) is 0 Å². The van der Waals surface area contributed by atoms with Crippen molar-refractivity contribution in [2.24, 2.45) is 0 Å². The molecule has 0 aromatic carbocycles. The number of aromatic nitrogens is 2. The van der Waals surface area contributed by atoms with Gasteiger partial charge in [0, 0.05) is 19.5 Å². The Hall–Kier alpha value is -0.610. The second kappa shape index (κ2) is 5.19. The Kier molecular flexibility index (Phi) is 4.18. The van der Waals surface area contributed by atoms with Crippen LogP contribution in [0.15, 0.2) is 12.4 Å². The van der Waals surface area contributed by atoms with Crippen molar-refractivity contribution >= 4 is 12.2 Å². The molecule has 0 bridgehead atoms. The SMILES string of the molecule is CCCC(COC)n1cc[nH]c1=S. The van der Waals surface area contributed by atoms with Crippen LogP contribution in [0.3, 0.4) is 0 Å². The first kappa shape index (κ1) is 10.5. The summed E-state index contributed by atoms with van der Waals surface area (Å²) in [6, 6.07) is 0.369. The minimum absolute atomic E-state index is 0.369. The molecule has 0 radical (unpaired) electrons. The summed E-state index contributed by atoms with van der Waals surface area (Å²) >= 11 is 5.14. The van der Waals surface area contributed by atoms with Gasteiger partial charge in [0.15, 0.2) is 4.77 Å². The van der Waals surface area contributed by atoms with Crippen LogP contribution in [-0.2, 0) is 4.74 Å². The summed E-state index contributed by atoms with van der Waals surface area (Å²) in [6.45, 7) is 2.89. The number of aromatic amines is 1. The molecule has 0 aliphatic heterocycles. The Morgan fingerprint density at radius 1 is 1.69 bits per heavy atom. The number of ether oxygens (including phenoxy) is 1. The summed E-state index contributed by atoms with van der Waals surface area (Å²) in [7, 11) is 1.72. The minimum Gasteiger partial charge on any atom is -0.383 e. The van der Waals surface area contributed by atoms with Gasteiger partial charge in [0.1, 0.15) is 0 Å². The zero-order valence-corrected chi connectivity index (χ0v) is 8.93. The predicted molar refractivity (Wildman–Crippen MR) is 55.4 cm³/mol. The molecule has 13 heavy (non-hydrogen) atoms. The molecule has 1 heterocycles. The summed E-state index contributed by atoms with van der Waals surface area (Å²) in [5, 5.41) is 0. The largest absolute Gasteiger partial charge is 0.383 e. The zero-order chi connectivity index (χ0) is 9.68. The van der Waals surface area contributed by atoms with Crippen molar-refractivity contribution < 1.29 is 4.74 Å². The van der Waals surface area contributed by atoms with Gasteiger partial charge in [0.25, 0.3) is 0 Å². The van der Waals surface area contributed by atoms with E-state index in [4.69, 9.17) is 17.0 Å². The van der Waals surface area contributed by atoms with Crippen LogP contribution >= 0.6 is 12.2 Å². The highest BCUT2D eigenvalue weighted by molar-refractivity contribution is 7.71. The van der Waals surface area contributed by atoms with Crippen molar-refractivity contribution in [3.63, 3.8) is 0 Å². The first-order valence-electron chi connectivity index (χ1n) is 4.54. The quantitative estimate of drug-likeness (QED) is 0.740. The van der Waals surface area contributed by atoms with Crippen molar-refractivity contribution in [3.05, 3.63) is 17.2 Å². The van der Waals surface area contributed by atoms with Crippen LogP contribution in [0.25, 0.3) is 0 Å². The smallest absolute Gasteiger partial charge is 0.177 e. The second-order valence-corrected chi connectivity index (χ2v) is 3.46. The fourth-order valence-corrected chi connectivity index (χ4v) is 1.72. The number of methoxy groups -OCH3 is 1. The maximum Gasteiger partial charge on any atom is 0.177 e. The number of nitrogens with zero attached hydrogens (tertiary/aromatic N) is 1. The number of hydrogen-bond donors (Lipinski definition) is 1. The first-order chi connectivity index (χ1) is 6.29. The van der Waals surface area contributed by atoms with E-state index in [1.54, 1.807) is 7.11 Å². The molecule has 0 amide bonds. The zero-order valence-electron chi connectivity index (χ0n) is 8.12. The van der Waals surface area contributed by atoms with Gasteiger partial charge in [-0.3, -0.25) is 0 Å². The third-order valence-electron chi connectivity index (χ3n) is 2.05. The number of nitrogens with one attached hydrogen (secondary N) is 1. The van der Waals surface area contributed by atoms with Gasteiger partial charge in [0.05, 0.1) is 12.6 Å². The molecular weight excluding hydrogens is 184 g/mol. The van der Waals surface area contributed by atoms with Crippen LogP contribution in [0.5, 0.6) is 0 Å². The molecular formula is C9H16N2OS. The number of imidazole rings is 1. The van der Waals surface area contributed by atoms with E-state index < -0.39 is 0 Å². The summed E-state index contributed by atoms with van der Waals surface area (Å²) in [5.41, 5.74) is 0. The van der Waals surface area contributed by atoms with E-state index in [2.05, 4.69) is 16.5 Å². The van der Waals surface area contributed by atoms with E-state index in [9.17, 15) is 0 Å². The third-order valence-corrected chi connectivity index (χ3v) is 2.38. The molecule has 0 fully saturated rings. The highest BCUT2D eigenvalue weighted by Gasteiger charge is 2.09. The molecule has 0 spiro atoms. The normalized spacial score (nSPS) is 13.1. The third kappa shape index (κ3) is 2.67. The van der Waals surface area contributed by atoms with Crippen LogP contribution in [-0.4, -0.2) is 23.3 Å². The molecule has 1 unspecified atom stereocenters. The summed E-state index contributed by atoms with van der Waals surface area (Å²) in [5.74, 6) is 0. The van der Waals surface area contributed by atoms with Crippen LogP contribution in [0.1, 0.15) is 25.8 Å². The molecule has 0 aliphatic carbocycles. The Labute approximate surface area is 83.7 Å².